The molecule has 0 aliphatic carbocycles. The molecule has 0 amide bonds. The van der Waals surface area contributed by atoms with Crippen molar-refractivity contribution in [2.24, 2.45) is 0 Å². The van der Waals surface area contributed by atoms with E-state index >= 15 is 0 Å². The number of methoxy groups -OCH3 is 2. The largest absolute Gasteiger partial charge is 0.493 e. The van der Waals surface area contributed by atoms with Gasteiger partial charge in [-0.15, -0.1) is 0 Å². The van der Waals surface area contributed by atoms with Crippen LogP contribution in [0.15, 0.2) is 59.0 Å². The van der Waals surface area contributed by atoms with Crippen LogP contribution < -0.4 is 14.8 Å². The molecule has 1 N–H and O–H groups in total. The number of nitrogens with one attached hydrogen (secondary N) is 1. The smallest absolute Gasteiger partial charge is 0.416 e. The van der Waals surface area contributed by atoms with Gasteiger partial charge in [-0.25, -0.2) is 0 Å². The van der Waals surface area contributed by atoms with E-state index in [0.29, 0.717) is 41.7 Å². The summed E-state index contributed by atoms with van der Waals surface area (Å²) >= 11 is 0. The highest BCUT2D eigenvalue weighted by atomic mass is 19.4. The molecule has 1 heterocycles. The molecule has 3 aromatic rings. The summed E-state index contributed by atoms with van der Waals surface area (Å²) in [6.45, 7) is 1.18. The quantitative estimate of drug-likeness (QED) is 0.516. The van der Waals surface area contributed by atoms with E-state index < -0.39 is 11.7 Å². The van der Waals surface area contributed by atoms with Crippen LogP contribution in [-0.2, 0) is 19.1 Å². The molecule has 0 unspecified atom stereocenters. The molecule has 0 fully saturated rings. The standard InChI is InChI=1S/C22H22F3NO3/c1-27-20-8-6-15(12-21(20)28-2)10-11-26-14-18-7-9-19(29-18)16-4-3-5-17(13-16)22(23,24)25/h3-9,12-13,26H,10-11,14H2,1-2H3. The third kappa shape index (κ3) is 5.32. The van der Waals surface area contributed by atoms with Crippen LogP contribution in [0.5, 0.6) is 11.5 Å². The van der Waals surface area contributed by atoms with Crippen LogP contribution in [0.1, 0.15) is 16.9 Å². The predicted molar refractivity (Wildman–Crippen MR) is 104 cm³/mol. The molecule has 0 atom stereocenters. The Kier molecular flexibility index (Phi) is 6.49. The van der Waals surface area contributed by atoms with Crippen LogP contribution in [0, 0.1) is 0 Å². The minimum absolute atomic E-state index is 0.399. The molecule has 0 aliphatic heterocycles. The molecule has 2 aromatic carbocycles. The van der Waals surface area contributed by atoms with E-state index in [1.54, 1.807) is 32.4 Å². The molecule has 154 valence electrons. The summed E-state index contributed by atoms with van der Waals surface area (Å²) in [7, 11) is 3.19. The van der Waals surface area contributed by atoms with Crippen molar-refractivity contribution in [1.29, 1.82) is 0 Å². The Morgan fingerprint density at radius 2 is 1.72 bits per heavy atom. The number of hydrogen-bond acceptors (Lipinski definition) is 4. The third-order valence-corrected chi connectivity index (χ3v) is 4.47. The molecular weight excluding hydrogens is 383 g/mol. The Morgan fingerprint density at radius 3 is 2.45 bits per heavy atom. The maximum absolute atomic E-state index is 12.9. The zero-order valence-electron chi connectivity index (χ0n) is 16.2. The van der Waals surface area contributed by atoms with E-state index in [1.807, 2.05) is 18.2 Å². The van der Waals surface area contributed by atoms with E-state index in [2.05, 4.69) is 5.32 Å². The fraction of sp³-hybridized carbons (Fsp3) is 0.273. The lowest BCUT2D eigenvalue weighted by molar-refractivity contribution is -0.137. The lowest BCUT2D eigenvalue weighted by Gasteiger charge is -2.10. The summed E-state index contributed by atoms with van der Waals surface area (Å²) in [5.41, 5.74) is 0.802. The molecular formula is C22H22F3NO3. The molecule has 0 saturated carbocycles. The molecule has 7 heteroatoms. The molecule has 0 saturated heterocycles. The van der Waals surface area contributed by atoms with Gasteiger partial charge in [-0.3, -0.25) is 0 Å². The van der Waals surface area contributed by atoms with Gasteiger partial charge in [-0.2, -0.15) is 13.2 Å². The first-order valence-corrected chi connectivity index (χ1v) is 9.08. The normalized spacial score (nSPS) is 11.5. The van der Waals surface area contributed by atoms with E-state index in [-0.39, 0.29) is 0 Å². The fourth-order valence-corrected chi connectivity index (χ4v) is 2.96. The van der Waals surface area contributed by atoms with Gasteiger partial charge in [0, 0.05) is 5.56 Å². The Labute approximate surface area is 167 Å². The summed E-state index contributed by atoms with van der Waals surface area (Å²) in [4.78, 5) is 0. The molecule has 4 nitrogen and oxygen atoms in total. The number of furan rings is 1. The summed E-state index contributed by atoms with van der Waals surface area (Å²) in [5, 5.41) is 3.27. The van der Waals surface area contributed by atoms with Gasteiger partial charge in [-0.1, -0.05) is 18.2 Å². The number of benzene rings is 2. The molecule has 0 spiro atoms. The Bertz CT molecular complexity index is 950. The number of alkyl halides is 3. The highest BCUT2D eigenvalue weighted by Crippen LogP contribution is 2.32. The summed E-state index contributed by atoms with van der Waals surface area (Å²) in [6, 6.07) is 14.3. The lowest BCUT2D eigenvalue weighted by Crippen LogP contribution is -2.16. The van der Waals surface area contributed by atoms with Crippen molar-refractivity contribution < 1.29 is 27.1 Å². The van der Waals surface area contributed by atoms with Crippen LogP contribution in [0.4, 0.5) is 13.2 Å². The van der Waals surface area contributed by atoms with Crippen LogP contribution >= 0.6 is 0 Å². The lowest BCUT2D eigenvalue weighted by atomic mass is 10.1. The van der Waals surface area contributed by atoms with Crippen molar-refractivity contribution >= 4 is 0 Å². The van der Waals surface area contributed by atoms with Crippen molar-refractivity contribution in [2.45, 2.75) is 19.1 Å². The summed E-state index contributed by atoms with van der Waals surface area (Å²) < 4.78 is 54.8. The molecule has 0 radical (unpaired) electrons. The number of rotatable bonds is 8. The number of hydrogen-bond donors (Lipinski definition) is 1. The van der Waals surface area contributed by atoms with E-state index in [1.165, 1.54) is 6.07 Å². The first-order valence-electron chi connectivity index (χ1n) is 9.08. The van der Waals surface area contributed by atoms with Gasteiger partial charge >= 0.3 is 6.18 Å². The molecule has 0 bridgehead atoms. The predicted octanol–water partition coefficient (Wildman–Crippen LogP) is 5.31. The van der Waals surface area contributed by atoms with Crippen molar-refractivity contribution in [3.63, 3.8) is 0 Å². The Morgan fingerprint density at radius 1 is 0.931 bits per heavy atom. The zero-order valence-corrected chi connectivity index (χ0v) is 16.2. The van der Waals surface area contributed by atoms with Crippen LogP contribution in [0.3, 0.4) is 0 Å². The molecule has 29 heavy (non-hydrogen) atoms. The number of ether oxygens (including phenoxy) is 2. The van der Waals surface area contributed by atoms with Gasteiger partial charge in [0.2, 0.25) is 0 Å². The minimum atomic E-state index is -4.38. The first-order chi connectivity index (χ1) is 13.9. The number of halogens is 3. The van der Waals surface area contributed by atoms with Crippen molar-refractivity contribution in [2.75, 3.05) is 20.8 Å². The minimum Gasteiger partial charge on any atom is -0.493 e. The fourth-order valence-electron chi connectivity index (χ4n) is 2.96. The van der Waals surface area contributed by atoms with Gasteiger partial charge < -0.3 is 19.2 Å². The van der Waals surface area contributed by atoms with Gasteiger partial charge in [0.15, 0.2) is 11.5 Å². The van der Waals surface area contributed by atoms with E-state index in [4.69, 9.17) is 13.9 Å². The van der Waals surface area contributed by atoms with Crippen molar-refractivity contribution in [3.05, 3.63) is 71.5 Å². The summed E-state index contributed by atoms with van der Waals surface area (Å²) in [5.74, 6) is 2.43. The Balaban J connectivity index is 1.55. The maximum atomic E-state index is 12.9. The molecule has 1 aromatic heterocycles. The molecule has 0 aliphatic rings. The van der Waals surface area contributed by atoms with Crippen LogP contribution in [-0.4, -0.2) is 20.8 Å². The SMILES string of the molecule is COc1ccc(CCNCc2ccc(-c3cccc(C(F)(F)F)c3)o2)cc1OC. The van der Waals surface area contributed by atoms with Crippen LogP contribution in [0.25, 0.3) is 11.3 Å². The second-order valence-corrected chi connectivity index (χ2v) is 6.46. The zero-order chi connectivity index (χ0) is 20.9. The highest BCUT2D eigenvalue weighted by Gasteiger charge is 2.30. The molecule has 3 rings (SSSR count). The topological polar surface area (TPSA) is 43.6 Å². The summed E-state index contributed by atoms with van der Waals surface area (Å²) in [6.07, 6.45) is -3.60. The van der Waals surface area contributed by atoms with Crippen molar-refractivity contribution in [3.8, 4) is 22.8 Å². The van der Waals surface area contributed by atoms with Crippen molar-refractivity contribution in [1.82, 2.24) is 5.32 Å². The van der Waals surface area contributed by atoms with Gasteiger partial charge in [0.05, 0.1) is 26.3 Å². The van der Waals surface area contributed by atoms with Gasteiger partial charge in [0.25, 0.3) is 0 Å². The van der Waals surface area contributed by atoms with E-state index in [9.17, 15) is 13.2 Å². The average molecular weight is 405 g/mol. The highest BCUT2D eigenvalue weighted by molar-refractivity contribution is 5.58. The van der Waals surface area contributed by atoms with E-state index in [0.717, 1.165) is 24.1 Å². The third-order valence-electron chi connectivity index (χ3n) is 4.47. The second kappa shape index (κ2) is 9.05. The first kappa shape index (κ1) is 20.8. The average Bonchev–Trinajstić information content (AvgIpc) is 3.19. The van der Waals surface area contributed by atoms with Gasteiger partial charge in [0.1, 0.15) is 11.5 Å². The Hall–Kier alpha value is -2.93. The second-order valence-electron chi connectivity index (χ2n) is 6.46. The monoisotopic (exact) mass is 405 g/mol. The van der Waals surface area contributed by atoms with Crippen LogP contribution in [0.2, 0.25) is 0 Å². The maximum Gasteiger partial charge on any atom is 0.416 e. The van der Waals surface area contributed by atoms with Gasteiger partial charge in [-0.05, 0) is 54.9 Å².